The molecule has 13 heavy (non-hydrogen) atoms. The smallest absolute Gasteiger partial charge is 0.135 e. The Bertz CT molecular complexity index is 190. The summed E-state index contributed by atoms with van der Waals surface area (Å²) in [5.41, 5.74) is 0. The molecule has 2 aliphatic heterocycles. The molecule has 0 aromatic carbocycles. The molecule has 0 aromatic heterocycles. The van der Waals surface area contributed by atoms with Crippen LogP contribution in [0, 0.1) is 5.92 Å². The van der Waals surface area contributed by atoms with Crippen LogP contribution in [0.5, 0.6) is 0 Å². The van der Waals surface area contributed by atoms with Gasteiger partial charge in [0.05, 0.1) is 0 Å². The maximum Gasteiger partial charge on any atom is 0.135 e. The second-order valence-electron chi connectivity index (χ2n) is 4.30. The van der Waals surface area contributed by atoms with E-state index in [1.165, 1.54) is 32.1 Å². The van der Waals surface area contributed by atoms with Crippen LogP contribution in [0.15, 0.2) is 0 Å². The fourth-order valence-corrected chi connectivity index (χ4v) is 4.45. The van der Waals surface area contributed by atoms with E-state index in [0.717, 1.165) is 16.9 Å². The molecule has 2 heteroatoms. The van der Waals surface area contributed by atoms with Gasteiger partial charge >= 0.3 is 0 Å². The van der Waals surface area contributed by atoms with Gasteiger partial charge in [0.2, 0.25) is 0 Å². The third kappa shape index (κ3) is 2.09. The fourth-order valence-electron chi connectivity index (χ4n) is 2.61. The van der Waals surface area contributed by atoms with Crippen molar-refractivity contribution < 1.29 is 4.79 Å². The normalized spacial score (nSPS) is 38.7. The molecule has 0 N–H and O–H groups in total. The van der Waals surface area contributed by atoms with Crippen molar-refractivity contribution in [2.75, 3.05) is 0 Å². The molecule has 0 spiro atoms. The predicted molar refractivity (Wildman–Crippen MR) is 57.0 cm³/mol. The summed E-state index contributed by atoms with van der Waals surface area (Å²) < 4.78 is 0. The summed E-state index contributed by atoms with van der Waals surface area (Å²) in [5.74, 6) is 0.929. The Labute approximate surface area is 84.7 Å². The van der Waals surface area contributed by atoms with Gasteiger partial charge in [-0.2, -0.15) is 11.8 Å². The molecule has 2 atom stereocenters. The van der Waals surface area contributed by atoms with Crippen LogP contribution in [-0.4, -0.2) is 16.3 Å². The van der Waals surface area contributed by atoms with Gasteiger partial charge in [0.15, 0.2) is 0 Å². The Kier molecular flexibility index (Phi) is 2.97. The van der Waals surface area contributed by atoms with Crippen LogP contribution in [0.2, 0.25) is 0 Å². The minimum Gasteiger partial charge on any atom is -0.299 e. The second kappa shape index (κ2) is 4.04. The van der Waals surface area contributed by atoms with Crippen LogP contribution in [0.1, 0.15) is 45.4 Å². The molecule has 2 fully saturated rings. The number of thioether (sulfide) groups is 1. The van der Waals surface area contributed by atoms with Gasteiger partial charge < -0.3 is 0 Å². The topological polar surface area (TPSA) is 17.1 Å². The summed E-state index contributed by atoms with van der Waals surface area (Å²) in [6.45, 7) is 2.00. The Morgan fingerprint density at radius 3 is 2.46 bits per heavy atom. The van der Waals surface area contributed by atoms with Gasteiger partial charge in [-0.3, -0.25) is 4.79 Å². The van der Waals surface area contributed by atoms with Gasteiger partial charge in [0.25, 0.3) is 0 Å². The lowest BCUT2D eigenvalue weighted by Gasteiger charge is -2.37. The molecule has 2 bridgehead atoms. The van der Waals surface area contributed by atoms with Crippen molar-refractivity contribution in [3.8, 4) is 0 Å². The highest BCUT2D eigenvalue weighted by atomic mass is 32.2. The fraction of sp³-hybridized carbons (Fsp3) is 0.909. The number of fused-ring (bicyclic) bond motifs is 2. The summed E-state index contributed by atoms with van der Waals surface area (Å²) in [5, 5.41) is 1.63. The first-order chi connectivity index (χ1) is 6.29. The monoisotopic (exact) mass is 198 g/mol. The SMILES string of the molecule is CCC(=O)C1CC2CCCC(C1)S2. The molecule has 0 radical (unpaired) electrons. The highest BCUT2D eigenvalue weighted by molar-refractivity contribution is 8.00. The number of Topliss-reactive ketones (excluding diaryl/α,β-unsaturated/α-hetero) is 1. The molecular weight excluding hydrogens is 180 g/mol. The van der Waals surface area contributed by atoms with Crippen LogP contribution < -0.4 is 0 Å². The second-order valence-corrected chi connectivity index (χ2v) is 5.90. The summed E-state index contributed by atoms with van der Waals surface area (Å²) in [6.07, 6.45) is 7.20. The number of hydrogen-bond acceptors (Lipinski definition) is 2. The third-order valence-electron chi connectivity index (χ3n) is 3.34. The molecule has 0 amide bonds. The van der Waals surface area contributed by atoms with E-state index in [4.69, 9.17) is 0 Å². The molecule has 0 aliphatic carbocycles. The van der Waals surface area contributed by atoms with Crippen molar-refractivity contribution in [1.82, 2.24) is 0 Å². The van der Waals surface area contributed by atoms with Crippen molar-refractivity contribution in [3.05, 3.63) is 0 Å². The lowest BCUT2D eigenvalue weighted by Crippen LogP contribution is -2.32. The van der Waals surface area contributed by atoms with Crippen molar-refractivity contribution in [2.24, 2.45) is 5.92 Å². The molecule has 2 rings (SSSR count). The quantitative estimate of drug-likeness (QED) is 0.678. The number of carbonyl (C=O) groups excluding carboxylic acids is 1. The average molecular weight is 198 g/mol. The molecule has 0 saturated carbocycles. The standard InChI is InChI=1S/C11H18OS/c1-2-11(12)8-6-9-4-3-5-10(7-8)13-9/h8-10H,2-7H2,1H3. The van der Waals surface area contributed by atoms with E-state index < -0.39 is 0 Å². The highest BCUT2D eigenvalue weighted by Crippen LogP contribution is 2.44. The van der Waals surface area contributed by atoms with Crippen molar-refractivity contribution in [2.45, 2.75) is 55.9 Å². The van der Waals surface area contributed by atoms with Crippen LogP contribution in [0.3, 0.4) is 0 Å². The van der Waals surface area contributed by atoms with Gasteiger partial charge in [0.1, 0.15) is 5.78 Å². The van der Waals surface area contributed by atoms with Crippen LogP contribution >= 0.6 is 11.8 Å². The van der Waals surface area contributed by atoms with Crippen molar-refractivity contribution in [3.63, 3.8) is 0 Å². The summed E-state index contributed by atoms with van der Waals surface area (Å²) >= 11 is 2.15. The zero-order valence-electron chi connectivity index (χ0n) is 8.29. The summed E-state index contributed by atoms with van der Waals surface area (Å²) in [4.78, 5) is 11.6. The Hall–Kier alpha value is 0.0200. The highest BCUT2D eigenvalue weighted by Gasteiger charge is 2.34. The Balaban J connectivity index is 1.97. The van der Waals surface area contributed by atoms with E-state index in [1.54, 1.807) is 0 Å². The molecule has 74 valence electrons. The van der Waals surface area contributed by atoms with E-state index in [-0.39, 0.29) is 0 Å². The molecule has 2 saturated heterocycles. The molecule has 1 nitrogen and oxygen atoms in total. The predicted octanol–water partition coefficient (Wildman–Crippen LogP) is 3.03. The van der Waals surface area contributed by atoms with Crippen LogP contribution in [0.25, 0.3) is 0 Å². The van der Waals surface area contributed by atoms with E-state index in [9.17, 15) is 4.79 Å². The van der Waals surface area contributed by atoms with E-state index in [0.29, 0.717) is 11.7 Å². The number of ketones is 1. The largest absolute Gasteiger partial charge is 0.299 e. The first-order valence-electron chi connectivity index (χ1n) is 5.47. The Morgan fingerprint density at radius 2 is 1.92 bits per heavy atom. The molecule has 0 aromatic rings. The van der Waals surface area contributed by atoms with Gasteiger partial charge in [-0.25, -0.2) is 0 Å². The lowest BCUT2D eigenvalue weighted by molar-refractivity contribution is -0.123. The third-order valence-corrected chi connectivity index (χ3v) is 4.96. The van der Waals surface area contributed by atoms with Crippen LogP contribution in [-0.2, 0) is 4.79 Å². The molecule has 2 aliphatic rings. The van der Waals surface area contributed by atoms with Gasteiger partial charge in [-0.1, -0.05) is 13.3 Å². The van der Waals surface area contributed by atoms with E-state index >= 15 is 0 Å². The van der Waals surface area contributed by atoms with E-state index in [2.05, 4.69) is 11.8 Å². The minimum atomic E-state index is 0.418. The van der Waals surface area contributed by atoms with E-state index in [1.807, 2.05) is 6.92 Å². The molecule has 2 heterocycles. The minimum absolute atomic E-state index is 0.418. The zero-order valence-corrected chi connectivity index (χ0v) is 9.11. The van der Waals surface area contributed by atoms with Crippen molar-refractivity contribution >= 4 is 17.5 Å². The number of rotatable bonds is 2. The van der Waals surface area contributed by atoms with Gasteiger partial charge in [-0.05, 0) is 25.7 Å². The zero-order chi connectivity index (χ0) is 9.26. The first kappa shape index (κ1) is 9.57. The first-order valence-corrected chi connectivity index (χ1v) is 6.42. The summed E-state index contributed by atoms with van der Waals surface area (Å²) in [7, 11) is 0. The van der Waals surface area contributed by atoms with Crippen LogP contribution in [0.4, 0.5) is 0 Å². The lowest BCUT2D eigenvalue weighted by atomic mass is 9.86. The maximum absolute atomic E-state index is 11.6. The maximum atomic E-state index is 11.6. The summed E-state index contributed by atoms with van der Waals surface area (Å²) in [6, 6.07) is 0. The number of hydrogen-bond donors (Lipinski definition) is 0. The Morgan fingerprint density at radius 1 is 1.31 bits per heavy atom. The van der Waals surface area contributed by atoms with Gasteiger partial charge in [-0.15, -0.1) is 0 Å². The molecular formula is C11H18OS. The number of carbonyl (C=O) groups is 1. The van der Waals surface area contributed by atoms with Gasteiger partial charge in [0, 0.05) is 22.8 Å². The average Bonchev–Trinajstić information content (AvgIpc) is 2.16. The molecule has 2 unspecified atom stereocenters. The van der Waals surface area contributed by atoms with Crippen molar-refractivity contribution in [1.29, 1.82) is 0 Å².